The van der Waals surface area contributed by atoms with Crippen LogP contribution in [0.2, 0.25) is 0 Å². The lowest BCUT2D eigenvalue weighted by molar-refractivity contribution is -0.135. The molecule has 25 heavy (non-hydrogen) atoms. The normalized spacial score (nSPS) is 20.3. The molecular weight excluding hydrogens is 336 g/mol. The summed E-state index contributed by atoms with van der Waals surface area (Å²) in [7, 11) is 0. The second-order valence-electron chi connectivity index (χ2n) is 7.30. The van der Waals surface area contributed by atoms with Crippen LogP contribution in [0.25, 0.3) is 0 Å². The van der Waals surface area contributed by atoms with Crippen molar-refractivity contribution in [1.82, 2.24) is 4.90 Å². The first-order valence-corrected chi connectivity index (χ1v) is 9.42. The van der Waals surface area contributed by atoms with E-state index in [2.05, 4.69) is 0 Å². The van der Waals surface area contributed by atoms with Crippen LogP contribution in [0.5, 0.6) is 0 Å². The Kier molecular flexibility index (Phi) is 8.20. The van der Waals surface area contributed by atoms with Crippen LogP contribution in [0.15, 0.2) is 30.3 Å². The van der Waals surface area contributed by atoms with Gasteiger partial charge >= 0.3 is 0 Å². The molecule has 2 fully saturated rings. The molecule has 1 heterocycles. The summed E-state index contributed by atoms with van der Waals surface area (Å²) >= 11 is 0. The quantitative estimate of drug-likeness (QED) is 0.841. The number of amides is 1. The number of halogens is 1. The minimum Gasteiger partial charge on any atom is -0.378 e. The summed E-state index contributed by atoms with van der Waals surface area (Å²) < 4.78 is 6.08. The maximum absolute atomic E-state index is 12.5. The van der Waals surface area contributed by atoms with Crippen LogP contribution in [-0.2, 0) is 16.0 Å². The minimum atomic E-state index is -0.441. The van der Waals surface area contributed by atoms with Crippen molar-refractivity contribution < 1.29 is 9.53 Å². The summed E-state index contributed by atoms with van der Waals surface area (Å²) in [6.45, 7) is 2.46. The summed E-state index contributed by atoms with van der Waals surface area (Å²) in [4.78, 5) is 14.5. The molecule has 0 bridgehead atoms. The molecule has 5 heteroatoms. The van der Waals surface area contributed by atoms with Gasteiger partial charge in [0.15, 0.2) is 0 Å². The van der Waals surface area contributed by atoms with Crippen molar-refractivity contribution in [3.63, 3.8) is 0 Å². The summed E-state index contributed by atoms with van der Waals surface area (Å²) in [6, 6.07) is 9.56. The number of ether oxygens (including phenoxy) is 1. The van der Waals surface area contributed by atoms with Gasteiger partial charge < -0.3 is 15.4 Å². The molecule has 2 N–H and O–H groups in total. The molecule has 3 rings (SSSR count). The monoisotopic (exact) mass is 366 g/mol. The fraction of sp³-hybridized carbons (Fsp3) is 0.650. The van der Waals surface area contributed by atoms with E-state index in [-0.39, 0.29) is 18.3 Å². The number of nitrogens with two attached hydrogens (primary N) is 1. The highest BCUT2D eigenvalue weighted by atomic mass is 35.5. The SMILES string of the molecule is Cl.N[C@@H](Cc1ccccc1)C(=O)N1CCC(OCC2CCCC2)CC1. The molecule has 1 atom stereocenters. The third-order valence-electron chi connectivity index (χ3n) is 5.41. The number of piperidine rings is 1. The molecule has 2 aliphatic rings. The molecule has 0 spiro atoms. The van der Waals surface area contributed by atoms with Crippen LogP contribution in [0.3, 0.4) is 0 Å². The third-order valence-corrected chi connectivity index (χ3v) is 5.41. The molecule has 0 unspecified atom stereocenters. The van der Waals surface area contributed by atoms with Crippen molar-refractivity contribution in [2.75, 3.05) is 19.7 Å². The zero-order valence-corrected chi connectivity index (χ0v) is 15.8. The number of carbonyl (C=O) groups excluding carboxylic acids is 1. The minimum absolute atomic E-state index is 0. The topological polar surface area (TPSA) is 55.6 Å². The van der Waals surface area contributed by atoms with Gasteiger partial charge in [0.25, 0.3) is 0 Å². The fourth-order valence-corrected chi connectivity index (χ4v) is 3.88. The number of hydrogen-bond donors (Lipinski definition) is 1. The smallest absolute Gasteiger partial charge is 0.239 e. The van der Waals surface area contributed by atoms with Crippen molar-refractivity contribution >= 4 is 18.3 Å². The maximum atomic E-state index is 12.5. The highest BCUT2D eigenvalue weighted by Gasteiger charge is 2.27. The first-order chi connectivity index (χ1) is 11.7. The summed E-state index contributed by atoms with van der Waals surface area (Å²) in [6.07, 6.45) is 8.18. The Morgan fingerprint density at radius 2 is 1.76 bits per heavy atom. The number of carbonyl (C=O) groups is 1. The maximum Gasteiger partial charge on any atom is 0.239 e. The molecule has 0 radical (unpaired) electrons. The average molecular weight is 367 g/mol. The lowest BCUT2D eigenvalue weighted by atomic mass is 10.0. The highest BCUT2D eigenvalue weighted by Crippen LogP contribution is 2.26. The predicted octanol–water partition coefficient (Wildman–Crippen LogP) is 3.18. The lowest BCUT2D eigenvalue weighted by Gasteiger charge is -2.34. The number of hydrogen-bond acceptors (Lipinski definition) is 3. The first kappa shape index (κ1) is 20.2. The Morgan fingerprint density at radius 3 is 2.40 bits per heavy atom. The zero-order valence-electron chi connectivity index (χ0n) is 14.9. The third kappa shape index (κ3) is 5.98. The van der Waals surface area contributed by atoms with E-state index in [1.54, 1.807) is 0 Å². The van der Waals surface area contributed by atoms with Crippen LogP contribution in [0.1, 0.15) is 44.1 Å². The van der Waals surface area contributed by atoms with Crippen LogP contribution in [0.4, 0.5) is 0 Å². The highest BCUT2D eigenvalue weighted by molar-refractivity contribution is 5.85. The number of benzene rings is 1. The van der Waals surface area contributed by atoms with E-state index < -0.39 is 6.04 Å². The van der Waals surface area contributed by atoms with Crippen molar-refractivity contribution in [1.29, 1.82) is 0 Å². The van der Waals surface area contributed by atoms with Gasteiger partial charge in [-0.3, -0.25) is 4.79 Å². The van der Waals surface area contributed by atoms with Crippen LogP contribution < -0.4 is 5.73 Å². The largest absolute Gasteiger partial charge is 0.378 e. The van der Waals surface area contributed by atoms with Crippen molar-refractivity contribution in [2.24, 2.45) is 11.7 Å². The van der Waals surface area contributed by atoms with E-state index >= 15 is 0 Å². The molecule has 0 aromatic heterocycles. The van der Waals surface area contributed by atoms with Gasteiger partial charge in [-0.05, 0) is 43.6 Å². The summed E-state index contributed by atoms with van der Waals surface area (Å²) in [5, 5.41) is 0. The van der Waals surface area contributed by atoms with Crippen LogP contribution in [-0.4, -0.2) is 42.6 Å². The van der Waals surface area contributed by atoms with E-state index in [1.807, 2.05) is 35.2 Å². The van der Waals surface area contributed by atoms with E-state index in [0.717, 1.165) is 44.0 Å². The summed E-state index contributed by atoms with van der Waals surface area (Å²) in [5.41, 5.74) is 7.25. The Balaban J connectivity index is 0.00000225. The van der Waals surface area contributed by atoms with E-state index in [9.17, 15) is 4.79 Å². The molecule has 1 saturated carbocycles. The van der Waals surface area contributed by atoms with Crippen molar-refractivity contribution in [3.8, 4) is 0 Å². The van der Waals surface area contributed by atoms with Gasteiger partial charge in [-0.1, -0.05) is 43.2 Å². The van der Waals surface area contributed by atoms with Gasteiger partial charge in [-0.25, -0.2) is 0 Å². The second kappa shape index (κ2) is 10.1. The Bertz CT molecular complexity index is 512. The van der Waals surface area contributed by atoms with Gasteiger partial charge in [0.05, 0.1) is 12.1 Å². The molecule has 1 saturated heterocycles. The Labute approximate surface area is 157 Å². The Hall–Kier alpha value is -1.10. The predicted molar refractivity (Wildman–Crippen MR) is 103 cm³/mol. The van der Waals surface area contributed by atoms with E-state index in [0.29, 0.717) is 12.5 Å². The zero-order chi connectivity index (χ0) is 16.8. The van der Waals surface area contributed by atoms with Gasteiger partial charge in [-0.15, -0.1) is 12.4 Å². The Morgan fingerprint density at radius 1 is 1.12 bits per heavy atom. The van der Waals surface area contributed by atoms with Gasteiger partial charge in [0.2, 0.25) is 5.91 Å². The molecule has 1 aliphatic heterocycles. The van der Waals surface area contributed by atoms with Crippen molar-refractivity contribution in [2.45, 2.75) is 57.1 Å². The number of rotatable bonds is 6. The molecule has 140 valence electrons. The van der Waals surface area contributed by atoms with Crippen LogP contribution in [0, 0.1) is 5.92 Å². The molecule has 1 aromatic rings. The molecule has 1 amide bonds. The van der Waals surface area contributed by atoms with E-state index in [4.69, 9.17) is 10.5 Å². The fourth-order valence-electron chi connectivity index (χ4n) is 3.88. The molecular formula is C20H31ClN2O2. The van der Waals surface area contributed by atoms with Crippen LogP contribution >= 0.6 is 12.4 Å². The van der Waals surface area contributed by atoms with Crippen molar-refractivity contribution in [3.05, 3.63) is 35.9 Å². The summed E-state index contributed by atoms with van der Waals surface area (Å²) in [5.74, 6) is 0.844. The lowest BCUT2D eigenvalue weighted by Crippen LogP contribution is -2.49. The molecule has 4 nitrogen and oxygen atoms in total. The molecule has 1 aliphatic carbocycles. The average Bonchev–Trinajstić information content (AvgIpc) is 3.14. The number of nitrogens with zero attached hydrogens (tertiary/aromatic N) is 1. The van der Waals surface area contributed by atoms with Gasteiger partial charge in [0.1, 0.15) is 0 Å². The molecule has 1 aromatic carbocycles. The number of likely N-dealkylation sites (tertiary alicyclic amines) is 1. The van der Waals surface area contributed by atoms with Gasteiger partial charge in [-0.2, -0.15) is 0 Å². The van der Waals surface area contributed by atoms with E-state index in [1.165, 1.54) is 25.7 Å². The first-order valence-electron chi connectivity index (χ1n) is 9.42. The van der Waals surface area contributed by atoms with Gasteiger partial charge in [0, 0.05) is 19.7 Å². The standard InChI is InChI=1S/C20H30N2O2.ClH/c21-19(14-16-6-2-1-3-7-16)20(23)22-12-10-18(11-13-22)24-15-17-8-4-5-9-17;/h1-3,6-7,17-19H,4-5,8-15,21H2;1H/t19-;/m0./s1. The second-order valence-corrected chi connectivity index (χ2v) is 7.30.